The Morgan fingerprint density at radius 3 is 2.37 bits per heavy atom. The van der Waals surface area contributed by atoms with Gasteiger partial charge in [-0.05, 0) is 30.3 Å². The van der Waals surface area contributed by atoms with E-state index in [9.17, 15) is 21.6 Å². The molecule has 0 amide bonds. The van der Waals surface area contributed by atoms with Crippen molar-refractivity contribution in [1.29, 1.82) is 0 Å². The van der Waals surface area contributed by atoms with Crippen LogP contribution >= 0.6 is 0 Å². The quantitative estimate of drug-likeness (QED) is 0.641. The summed E-state index contributed by atoms with van der Waals surface area (Å²) in [5, 5.41) is 4.75. The van der Waals surface area contributed by atoms with Crippen LogP contribution in [0.25, 0.3) is 0 Å². The molecule has 2 N–H and O–H groups in total. The zero-order valence-electron chi connectivity index (χ0n) is 14.7. The number of methoxy groups -OCH3 is 1. The number of nitrogens with zero attached hydrogens (tertiary/aromatic N) is 1. The van der Waals surface area contributed by atoms with Crippen molar-refractivity contribution in [3.05, 3.63) is 41.7 Å². The molecule has 12 heteroatoms. The molecule has 10 nitrogen and oxygen atoms in total. The lowest BCUT2D eigenvalue weighted by atomic mass is 10.2. The predicted molar refractivity (Wildman–Crippen MR) is 93.1 cm³/mol. The number of hydrogen-bond acceptors (Lipinski definition) is 8. The molecule has 1 aromatic heterocycles. The van der Waals surface area contributed by atoms with Gasteiger partial charge in [-0.2, -0.15) is 0 Å². The topological polar surface area (TPSA) is 146 Å². The Bertz CT molecular complexity index is 1060. The molecule has 0 aliphatic carbocycles. The van der Waals surface area contributed by atoms with Gasteiger partial charge < -0.3 is 13.9 Å². The Kier molecular flexibility index (Phi) is 5.94. The van der Waals surface area contributed by atoms with Gasteiger partial charge in [0.15, 0.2) is 0 Å². The van der Waals surface area contributed by atoms with Crippen molar-refractivity contribution in [3.8, 4) is 5.75 Å². The van der Waals surface area contributed by atoms with Gasteiger partial charge in [0.1, 0.15) is 23.7 Å². The molecule has 0 spiro atoms. The number of esters is 1. The van der Waals surface area contributed by atoms with Crippen molar-refractivity contribution in [2.45, 2.75) is 16.6 Å². The van der Waals surface area contributed by atoms with Crippen LogP contribution in [0.1, 0.15) is 16.1 Å². The lowest BCUT2D eigenvalue weighted by Gasteiger charge is -2.10. The van der Waals surface area contributed by atoms with Crippen LogP contribution in [0.3, 0.4) is 0 Å². The fourth-order valence-corrected chi connectivity index (χ4v) is 3.34. The van der Waals surface area contributed by atoms with Crippen LogP contribution in [-0.4, -0.2) is 48.3 Å². The van der Waals surface area contributed by atoms with E-state index in [0.717, 1.165) is 10.4 Å². The number of hydrogen-bond donors (Lipinski definition) is 1. The third-order valence-corrected chi connectivity index (χ3v) is 6.04. The van der Waals surface area contributed by atoms with Gasteiger partial charge in [0, 0.05) is 14.1 Å². The van der Waals surface area contributed by atoms with Crippen molar-refractivity contribution < 1.29 is 35.5 Å². The normalized spacial score (nSPS) is 12.2. The molecular formula is C15H18N2O8S2. The first-order chi connectivity index (χ1) is 12.5. The highest BCUT2D eigenvalue weighted by Crippen LogP contribution is 2.24. The molecule has 1 aromatic carbocycles. The van der Waals surface area contributed by atoms with E-state index < -0.39 is 26.0 Å². The molecule has 0 aliphatic heterocycles. The summed E-state index contributed by atoms with van der Waals surface area (Å²) >= 11 is 0. The first kappa shape index (κ1) is 20.9. The van der Waals surface area contributed by atoms with Gasteiger partial charge in [0.05, 0.1) is 12.0 Å². The predicted octanol–water partition coefficient (Wildman–Crippen LogP) is 0.543. The summed E-state index contributed by atoms with van der Waals surface area (Å²) in [6.45, 7) is -0.370. The lowest BCUT2D eigenvalue weighted by molar-refractivity contribution is 0.0436. The summed E-state index contributed by atoms with van der Waals surface area (Å²) in [6.07, 6.45) is 0. The number of nitrogens with two attached hydrogens (primary N) is 1. The van der Waals surface area contributed by atoms with Gasteiger partial charge in [0.25, 0.3) is 10.0 Å². The van der Waals surface area contributed by atoms with Gasteiger partial charge in [0.2, 0.25) is 15.1 Å². The average Bonchev–Trinajstić information content (AvgIpc) is 3.07. The SMILES string of the molecule is COc1ccc(S(N)(=O)=O)cc1C(=O)OCc1ccc(S(=O)(=O)N(C)C)o1. The van der Waals surface area contributed by atoms with Crippen molar-refractivity contribution in [2.24, 2.45) is 5.14 Å². The largest absolute Gasteiger partial charge is 0.496 e. The molecule has 0 aliphatic rings. The molecule has 0 atom stereocenters. The summed E-state index contributed by atoms with van der Waals surface area (Å²) < 4.78 is 63.0. The van der Waals surface area contributed by atoms with E-state index in [4.69, 9.17) is 19.0 Å². The Morgan fingerprint density at radius 1 is 1.15 bits per heavy atom. The van der Waals surface area contributed by atoms with Crippen LogP contribution in [0.2, 0.25) is 0 Å². The second kappa shape index (κ2) is 7.68. The molecule has 0 unspecified atom stereocenters. The highest BCUT2D eigenvalue weighted by Gasteiger charge is 2.23. The summed E-state index contributed by atoms with van der Waals surface area (Å²) in [5.41, 5.74) is -0.156. The summed E-state index contributed by atoms with van der Waals surface area (Å²) in [7, 11) is -3.78. The fraction of sp³-hybridized carbons (Fsp3) is 0.267. The summed E-state index contributed by atoms with van der Waals surface area (Å²) in [4.78, 5) is 12.0. The number of rotatable bonds is 7. The third-order valence-electron chi connectivity index (χ3n) is 3.44. The molecule has 0 radical (unpaired) electrons. The summed E-state index contributed by atoms with van der Waals surface area (Å²) in [5.74, 6) is -0.723. The van der Waals surface area contributed by atoms with Crippen LogP contribution in [0, 0.1) is 0 Å². The molecule has 0 bridgehead atoms. The van der Waals surface area contributed by atoms with Crippen molar-refractivity contribution >= 4 is 26.0 Å². The molecule has 148 valence electrons. The van der Waals surface area contributed by atoms with Gasteiger partial charge >= 0.3 is 5.97 Å². The molecule has 1 heterocycles. The number of carbonyl (C=O) groups is 1. The Balaban J connectivity index is 2.21. The minimum Gasteiger partial charge on any atom is -0.496 e. The molecule has 0 saturated carbocycles. The van der Waals surface area contributed by atoms with E-state index in [1.165, 1.54) is 45.5 Å². The lowest BCUT2D eigenvalue weighted by Crippen LogP contribution is -2.21. The smallest absolute Gasteiger partial charge is 0.342 e. The maximum Gasteiger partial charge on any atom is 0.342 e. The van der Waals surface area contributed by atoms with Crippen LogP contribution < -0.4 is 9.88 Å². The number of carbonyl (C=O) groups excluding carboxylic acids is 1. The Morgan fingerprint density at radius 2 is 1.81 bits per heavy atom. The average molecular weight is 418 g/mol. The summed E-state index contributed by atoms with van der Waals surface area (Å²) in [6, 6.07) is 6.07. The second-order valence-corrected chi connectivity index (χ2v) is 9.14. The van der Waals surface area contributed by atoms with Crippen LogP contribution in [-0.2, 0) is 31.4 Å². The number of furan rings is 1. The molecule has 27 heavy (non-hydrogen) atoms. The van der Waals surface area contributed by atoms with Gasteiger partial charge in [-0.15, -0.1) is 0 Å². The van der Waals surface area contributed by atoms with Gasteiger partial charge in [-0.3, -0.25) is 0 Å². The molecular weight excluding hydrogens is 400 g/mol. The number of benzene rings is 1. The number of ether oxygens (including phenoxy) is 2. The minimum absolute atomic E-state index is 0.0859. The van der Waals surface area contributed by atoms with E-state index in [2.05, 4.69) is 0 Å². The van der Waals surface area contributed by atoms with E-state index in [1.807, 2.05) is 0 Å². The minimum atomic E-state index is -4.03. The zero-order valence-corrected chi connectivity index (χ0v) is 16.3. The maximum atomic E-state index is 12.3. The van der Waals surface area contributed by atoms with Crippen LogP contribution in [0.15, 0.2) is 44.7 Å². The first-order valence-electron chi connectivity index (χ1n) is 7.36. The van der Waals surface area contributed by atoms with Crippen molar-refractivity contribution in [3.63, 3.8) is 0 Å². The third kappa shape index (κ3) is 4.66. The standard InChI is InChI=1S/C15H18N2O8S2/c1-17(2)27(21,22)14-7-4-10(25-14)9-24-15(18)12-8-11(26(16,19)20)5-6-13(12)23-3/h4-8H,9H2,1-3H3,(H2,16,19,20). The molecule has 2 aromatic rings. The first-order valence-corrected chi connectivity index (χ1v) is 10.3. The van der Waals surface area contributed by atoms with Gasteiger partial charge in [-0.25, -0.2) is 31.1 Å². The number of sulfonamides is 2. The van der Waals surface area contributed by atoms with E-state index >= 15 is 0 Å². The number of primary sulfonamides is 1. The van der Waals surface area contributed by atoms with E-state index in [0.29, 0.717) is 0 Å². The molecule has 0 saturated heterocycles. The zero-order chi connectivity index (χ0) is 20.4. The Labute approximate surface area is 156 Å². The van der Waals surface area contributed by atoms with Crippen molar-refractivity contribution in [2.75, 3.05) is 21.2 Å². The van der Waals surface area contributed by atoms with Gasteiger partial charge in [-0.1, -0.05) is 0 Å². The Hall–Kier alpha value is -2.41. The van der Waals surface area contributed by atoms with E-state index in [1.54, 1.807) is 0 Å². The van der Waals surface area contributed by atoms with Crippen LogP contribution in [0.5, 0.6) is 5.75 Å². The highest BCUT2D eigenvalue weighted by atomic mass is 32.2. The molecule has 0 fully saturated rings. The fourth-order valence-electron chi connectivity index (χ4n) is 1.99. The van der Waals surface area contributed by atoms with Crippen molar-refractivity contribution in [1.82, 2.24) is 4.31 Å². The molecule has 2 rings (SSSR count). The highest BCUT2D eigenvalue weighted by molar-refractivity contribution is 7.89. The van der Waals surface area contributed by atoms with Crippen LogP contribution in [0.4, 0.5) is 0 Å². The van der Waals surface area contributed by atoms with E-state index in [-0.39, 0.29) is 33.7 Å². The monoisotopic (exact) mass is 418 g/mol. The second-order valence-electron chi connectivity index (χ2n) is 5.49. The maximum absolute atomic E-state index is 12.3.